The molecule has 8 nitrogen and oxygen atoms in total. The number of hydrogen-bond donors (Lipinski definition) is 1. The Morgan fingerprint density at radius 3 is 2.62 bits per heavy atom. The predicted octanol–water partition coefficient (Wildman–Crippen LogP) is 2.33. The maximum atomic E-state index is 12.3. The Balaban J connectivity index is 1.35. The number of ether oxygens (including phenoxy) is 1. The largest absolute Gasteiger partial charge is 0.379 e. The molecule has 1 aliphatic heterocycles. The molecule has 1 amide bonds. The van der Waals surface area contributed by atoms with Gasteiger partial charge < -0.3 is 15.0 Å². The van der Waals surface area contributed by atoms with Crippen LogP contribution < -0.4 is 10.2 Å². The van der Waals surface area contributed by atoms with Gasteiger partial charge in [0.25, 0.3) is 0 Å². The normalized spacial score (nSPS) is 21.8. The molecule has 1 saturated heterocycles. The molecule has 2 aromatic rings. The summed E-state index contributed by atoms with van der Waals surface area (Å²) in [5, 5.41) is 3.15. The van der Waals surface area contributed by atoms with Crippen LogP contribution in [0.1, 0.15) is 37.3 Å². The number of nitrogens with zero attached hydrogens (tertiary/aromatic N) is 5. The molecule has 0 spiro atoms. The topological polar surface area (TPSA) is 83.5 Å². The number of carbonyl (C=O) groups is 1. The Labute approximate surface area is 190 Å². The minimum atomic E-state index is 0.123. The first-order chi connectivity index (χ1) is 15.6. The number of amides is 1. The lowest BCUT2D eigenvalue weighted by Crippen LogP contribution is -2.44. The standard InChI is InChI=1S/C24H34N6O2/c1-29(2)24-27-16-20(21-5-3-4-10-25-21)23(28-24)19-8-6-18(7-9-19)15-26-22(31)17-30-11-13-32-14-12-30/h3-5,10,16,18-19H,6-9,11-15,17H2,1-2H3,(H,26,31). The zero-order valence-corrected chi connectivity index (χ0v) is 19.2. The molecule has 0 unspecified atom stereocenters. The molecule has 2 aromatic heterocycles. The Kier molecular flexibility index (Phi) is 7.65. The average Bonchev–Trinajstić information content (AvgIpc) is 2.84. The summed E-state index contributed by atoms with van der Waals surface area (Å²) >= 11 is 0. The molecule has 172 valence electrons. The van der Waals surface area contributed by atoms with Crippen LogP contribution in [0.15, 0.2) is 30.6 Å². The second-order valence-corrected chi connectivity index (χ2v) is 8.99. The highest BCUT2D eigenvalue weighted by Crippen LogP contribution is 2.38. The van der Waals surface area contributed by atoms with Crippen LogP contribution in [0.3, 0.4) is 0 Å². The van der Waals surface area contributed by atoms with Crippen LogP contribution in [0.2, 0.25) is 0 Å². The van der Waals surface area contributed by atoms with E-state index in [4.69, 9.17) is 9.72 Å². The van der Waals surface area contributed by atoms with Crippen molar-refractivity contribution in [3.63, 3.8) is 0 Å². The molecule has 2 fully saturated rings. The molecule has 4 rings (SSSR count). The van der Waals surface area contributed by atoms with E-state index in [0.29, 0.717) is 18.4 Å². The highest BCUT2D eigenvalue weighted by atomic mass is 16.5. The Hall–Kier alpha value is -2.58. The van der Waals surface area contributed by atoms with E-state index in [1.165, 1.54) is 0 Å². The van der Waals surface area contributed by atoms with Crippen molar-refractivity contribution in [3.8, 4) is 11.3 Å². The minimum absolute atomic E-state index is 0.123. The number of rotatable bonds is 7. The summed E-state index contributed by atoms with van der Waals surface area (Å²) in [6, 6.07) is 5.95. The molecular weight excluding hydrogens is 404 g/mol. The number of carbonyl (C=O) groups excluding carboxylic acids is 1. The first kappa shape index (κ1) is 22.6. The first-order valence-corrected chi connectivity index (χ1v) is 11.6. The summed E-state index contributed by atoms with van der Waals surface area (Å²) in [6.45, 7) is 4.35. The zero-order chi connectivity index (χ0) is 22.3. The molecule has 2 aliphatic rings. The van der Waals surface area contributed by atoms with E-state index < -0.39 is 0 Å². The lowest BCUT2D eigenvalue weighted by atomic mass is 9.79. The number of morpholine rings is 1. The van der Waals surface area contributed by atoms with E-state index in [1.807, 2.05) is 49.6 Å². The van der Waals surface area contributed by atoms with Crippen molar-refractivity contribution in [2.75, 3.05) is 58.4 Å². The molecule has 32 heavy (non-hydrogen) atoms. The van der Waals surface area contributed by atoms with E-state index in [2.05, 4.69) is 20.2 Å². The summed E-state index contributed by atoms with van der Waals surface area (Å²) in [6.07, 6.45) is 8.03. The van der Waals surface area contributed by atoms with Crippen LogP contribution >= 0.6 is 0 Å². The van der Waals surface area contributed by atoms with Crippen LogP contribution in [0.25, 0.3) is 11.3 Å². The van der Waals surface area contributed by atoms with Crippen molar-refractivity contribution in [1.29, 1.82) is 0 Å². The third kappa shape index (κ3) is 5.81. The fourth-order valence-corrected chi connectivity index (χ4v) is 4.55. The monoisotopic (exact) mass is 438 g/mol. The van der Waals surface area contributed by atoms with Gasteiger partial charge in [0.2, 0.25) is 11.9 Å². The lowest BCUT2D eigenvalue weighted by Gasteiger charge is -2.30. The molecule has 8 heteroatoms. The Morgan fingerprint density at radius 2 is 1.94 bits per heavy atom. The summed E-state index contributed by atoms with van der Waals surface area (Å²) in [4.78, 5) is 30.4. The molecule has 0 radical (unpaired) electrons. The van der Waals surface area contributed by atoms with Gasteiger partial charge in [0.05, 0.1) is 31.1 Å². The molecular formula is C24H34N6O2. The fraction of sp³-hybridized carbons (Fsp3) is 0.583. The fourth-order valence-electron chi connectivity index (χ4n) is 4.55. The highest BCUT2D eigenvalue weighted by Gasteiger charge is 2.27. The van der Waals surface area contributed by atoms with Gasteiger partial charge in [-0.2, -0.15) is 0 Å². The van der Waals surface area contributed by atoms with Gasteiger partial charge in [0, 0.05) is 57.6 Å². The second kappa shape index (κ2) is 10.8. The SMILES string of the molecule is CN(C)c1ncc(-c2ccccn2)c(C2CCC(CNC(=O)CN3CCOCC3)CC2)n1. The van der Waals surface area contributed by atoms with Gasteiger partial charge in [0.1, 0.15) is 0 Å². The summed E-state index contributed by atoms with van der Waals surface area (Å²) in [5.41, 5.74) is 3.04. The first-order valence-electron chi connectivity index (χ1n) is 11.6. The minimum Gasteiger partial charge on any atom is -0.379 e. The Bertz CT molecular complexity index is 877. The molecule has 0 bridgehead atoms. The van der Waals surface area contributed by atoms with Crippen molar-refractivity contribution >= 4 is 11.9 Å². The number of aromatic nitrogens is 3. The third-order valence-electron chi connectivity index (χ3n) is 6.44. The smallest absolute Gasteiger partial charge is 0.234 e. The molecule has 1 N–H and O–H groups in total. The number of anilines is 1. The van der Waals surface area contributed by atoms with Crippen LogP contribution in [0, 0.1) is 5.92 Å². The number of nitrogens with one attached hydrogen (secondary N) is 1. The van der Waals surface area contributed by atoms with Crippen LogP contribution in [-0.2, 0) is 9.53 Å². The van der Waals surface area contributed by atoms with Crippen LogP contribution in [-0.4, -0.2) is 79.2 Å². The highest BCUT2D eigenvalue weighted by molar-refractivity contribution is 5.78. The third-order valence-corrected chi connectivity index (χ3v) is 6.44. The molecule has 1 aliphatic carbocycles. The molecule has 0 atom stereocenters. The van der Waals surface area contributed by atoms with E-state index in [-0.39, 0.29) is 5.91 Å². The van der Waals surface area contributed by atoms with Crippen LogP contribution in [0.5, 0.6) is 0 Å². The van der Waals surface area contributed by atoms with Gasteiger partial charge in [-0.1, -0.05) is 6.07 Å². The lowest BCUT2D eigenvalue weighted by molar-refractivity contribution is -0.123. The quantitative estimate of drug-likeness (QED) is 0.710. The molecule has 0 aromatic carbocycles. The van der Waals surface area contributed by atoms with Gasteiger partial charge in [-0.25, -0.2) is 9.97 Å². The zero-order valence-electron chi connectivity index (χ0n) is 19.2. The van der Waals surface area contributed by atoms with Crippen molar-refractivity contribution in [3.05, 3.63) is 36.3 Å². The van der Waals surface area contributed by atoms with Gasteiger partial charge >= 0.3 is 0 Å². The maximum absolute atomic E-state index is 12.3. The van der Waals surface area contributed by atoms with Crippen molar-refractivity contribution in [2.45, 2.75) is 31.6 Å². The summed E-state index contributed by atoms with van der Waals surface area (Å²) < 4.78 is 5.35. The summed E-state index contributed by atoms with van der Waals surface area (Å²) in [5.74, 6) is 1.76. The molecule has 3 heterocycles. The van der Waals surface area contributed by atoms with E-state index >= 15 is 0 Å². The van der Waals surface area contributed by atoms with E-state index in [1.54, 1.807) is 0 Å². The van der Waals surface area contributed by atoms with E-state index in [0.717, 1.165) is 81.4 Å². The van der Waals surface area contributed by atoms with Gasteiger partial charge in [-0.3, -0.25) is 14.7 Å². The average molecular weight is 439 g/mol. The maximum Gasteiger partial charge on any atom is 0.234 e. The summed E-state index contributed by atoms with van der Waals surface area (Å²) in [7, 11) is 3.94. The van der Waals surface area contributed by atoms with Crippen LogP contribution in [0.4, 0.5) is 5.95 Å². The van der Waals surface area contributed by atoms with Gasteiger partial charge in [-0.15, -0.1) is 0 Å². The van der Waals surface area contributed by atoms with Gasteiger partial charge in [0.15, 0.2) is 0 Å². The number of pyridine rings is 1. The second-order valence-electron chi connectivity index (χ2n) is 8.99. The van der Waals surface area contributed by atoms with Crippen molar-refractivity contribution < 1.29 is 9.53 Å². The molecule has 1 saturated carbocycles. The van der Waals surface area contributed by atoms with E-state index in [9.17, 15) is 4.79 Å². The number of hydrogen-bond acceptors (Lipinski definition) is 7. The van der Waals surface area contributed by atoms with Crippen molar-refractivity contribution in [1.82, 2.24) is 25.2 Å². The van der Waals surface area contributed by atoms with Gasteiger partial charge in [-0.05, 0) is 43.7 Å². The van der Waals surface area contributed by atoms with Crippen molar-refractivity contribution in [2.24, 2.45) is 5.92 Å². The predicted molar refractivity (Wildman–Crippen MR) is 125 cm³/mol. The Morgan fingerprint density at radius 1 is 1.16 bits per heavy atom.